The van der Waals surface area contributed by atoms with E-state index in [2.05, 4.69) is 44.2 Å². The van der Waals surface area contributed by atoms with Gasteiger partial charge in [0.15, 0.2) is 9.84 Å². The molecule has 0 aliphatic carbocycles. The molecule has 3 aromatic carbocycles. The zero-order valence-electron chi connectivity index (χ0n) is 26.5. The third-order valence-electron chi connectivity index (χ3n) is 9.17. The van der Waals surface area contributed by atoms with Crippen molar-refractivity contribution >= 4 is 43.9 Å². The summed E-state index contributed by atoms with van der Waals surface area (Å²) < 4.78 is 32.2. The van der Waals surface area contributed by atoms with Crippen LogP contribution in [0, 0.1) is 0 Å². The molecule has 45 heavy (non-hydrogen) atoms. The van der Waals surface area contributed by atoms with Crippen LogP contribution in [0.15, 0.2) is 65.6 Å². The number of hydrogen-bond donors (Lipinski definition) is 2. The Bertz CT molecular complexity index is 1780. The van der Waals surface area contributed by atoms with Crippen molar-refractivity contribution in [3.05, 3.63) is 60.7 Å². The van der Waals surface area contributed by atoms with Gasteiger partial charge in [-0.2, -0.15) is 4.98 Å². The minimum Gasteiger partial charge on any atom is -0.494 e. The predicted octanol–water partition coefficient (Wildman–Crippen LogP) is 5.03. The van der Waals surface area contributed by atoms with E-state index in [0.717, 1.165) is 63.5 Å². The Hall–Kier alpha value is -3.93. The molecule has 4 aromatic rings. The van der Waals surface area contributed by atoms with E-state index < -0.39 is 15.1 Å². The number of nitrogens with one attached hydrogen (secondary N) is 1. The van der Waals surface area contributed by atoms with E-state index >= 15 is 0 Å². The maximum atomic E-state index is 13.2. The monoisotopic (exact) mass is 629 g/mol. The number of rotatable bonds is 8. The van der Waals surface area contributed by atoms with Crippen LogP contribution in [0.2, 0.25) is 0 Å². The highest BCUT2D eigenvalue weighted by atomic mass is 32.2. The highest BCUT2D eigenvalue weighted by Gasteiger charge is 2.28. The van der Waals surface area contributed by atoms with Crippen LogP contribution in [0.3, 0.4) is 0 Å². The van der Waals surface area contributed by atoms with Gasteiger partial charge in [-0.25, -0.2) is 13.4 Å². The Balaban J connectivity index is 1.23. The van der Waals surface area contributed by atoms with Gasteiger partial charge in [0, 0.05) is 62.6 Å². The number of nitrogens with zero attached hydrogens (tertiary/aromatic N) is 5. The first-order valence-electron chi connectivity index (χ1n) is 15.7. The summed E-state index contributed by atoms with van der Waals surface area (Å²) in [6.45, 7) is 10.0. The van der Waals surface area contributed by atoms with Crippen LogP contribution < -0.4 is 20.7 Å². The predicted molar refractivity (Wildman–Crippen MR) is 182 cm³/mol. The Morgan fingerprint density at radius 2 is 1.62 bits per heavy atom. The molecular weight excluding hydrogens is 586 g/mol. The average molecular weight is 630 g/mol. The number of piperidine rings is 1. The number of ether oxygens (including phenoxy) is 1. The van der Waals surface area contributed by atoms with Gasteiger partial charge in [-0.05, 0) is 63.6 Å². The Kier molecular flexibility index (Phi) is 8.85. The van der Waals surface area contributed by atoms with Crippen molar-refractivity contribution in [2.24, 2.45) is 0 Å². The molecule has 0 atom stereocenters. The smallest absolute Gasteiger partial charge is 0.229 e. The molecule has 0 amide bonds. The third-order valence-corrected chi connectivity index (χ3v) is 11.4. The van der Waals surface area contributed by atoms with Gasteiger partial charge < -0.3 is 25.6 Å². The number of nitrogen functional groups attached to an aromatic ring is 1. The molecule has 2 aliphatic rings. The van der Waals surface area contributed by atoms with Gasteiger partial charge >= 0.3 is 0 Å². The molecule has 2 saturated heterocycles. The van der Waals surface area contributed by atoms with Crippen LogP contribution in [0.1, 0.15) is 26.7 Å². The average Bonchev–Trinajstić information content (AvgIpc) is 3.05. The molecule has 6 rings (SSSR count). The molecule has 0 radical (unpaired) electrons. The zero-order valence-corrected chi connectivity index (χ0v) is 27.3. The van der Waals surface area contributed by atoms with Crippen molar-refractivity contribution < 1.29 is 13.2 Å². The Morgan fingerprint density at radius 1 is 0.911 bits per heavy atom. The molecule has 3 N–H and O–H groups in total. The van der Waals surface area contributed by atoms with Crippen molar-refractivity contribution in [2.75, 3.05) is 69.4 Å². The highest BCUT2D eigenvalue weighted by molar-refractivity contribution is 7.92. The second kappa shape index (κ2) is 12.8. The summed E-state index contributed by atoms with van der Waals surface area (Å²) >= 11 is 0. The molecule has 0 unspecified atom stereocenters. The number of anilines is 4. The molecule has 11 heteroatoms. The van der Waals surface area contributed by atoms with Gasteiger partial charge in [0.2, 0.25) is 5.95 Å². The summed E-state index contributed by atoms with van der Waals surface area (Å²) in [5.41, 5.74) is 10.3. The number of nitrogens with two attached hydrogens (primary N) is 1. The normalized spacial score (nSPS) is 17.2. The van der Waals surface area contributed by atoms with E-state index in [4.69, 9.17) is 15.5 Å². The van der Waals surface area contributed by atoms with E-state index in [1.54, 1.807) is 39.2 Å². The lowest BCUT2D eigenvalue weighted by Crippen LogP contribution is -2.52. The van der Waals surface area contributed by atoms with E-state index in [0.29, 0.717) is 39.8 Å². The first kappa shape index (κ1) is 31.1. The minimum atomic E-state index is -3.53. The highest BCUT2D eigenvalue weighted by Crippen LogP contribution is 2.38. The van der Waals surface area contributed by atoms with Crippen molar-refractivity contribution in [1.82, 2.24) is 19.8 Å². The van der Waals surface area contributed by atoms with Crippen LogP contribution in [-0.4, -0.2) is 92.9 Å². The molecule has 0 saturated carbocycles. The van der Waals surface area contributed by atoms with E-state index in [1.165, 1.54) is 0 Å². The lowest BCUT2D eigenvalue weighted by atomic mass is 10.0. The fourth-order valence-electron chi connectivity index (χ4n) is 6.46. The summed E-state index contributed by atoms with van der Waals surface area (Å²) in [5.74, 6) is 1.28. The van der Waals surface area contributed by atoms with Crippen LogP contribution in [0.4, 0.5) is 23.1 Å². The largest absolute Gasteiger partial charge is 0.494 e. The molecule has 10 nitrogen and oxygen atoms in total. The number of likely N-dealkylation sites (N-methyl/N-ethyl adjacent to an activating group) is 1. The number of piperazine rings is 1. The van der Waals surface area contributed by atoms with Crippen LogP contribution in [0.5, 0.6) is 5.75 Å². The second-order valence-corrected chi connectivity index (χ2v) is 14.8. The van der Waals surface area contributed by atoms with Crippen molar-refractivity contribution in [1.29, 1.82) is 0 Å². The van der Waals surface area contributed by atoms with Crippen molar-refractivity contribution in [3.63, 3.8) is 0 Å². The maximum Gasteiger partial charge on any atom is 0.229 e. The van der Waals surface area contributed by atoms with Gasteiger partial charge in [-0.15, -0.1) is 0 Å². The molecule has 2 aliphatic heterocycles. The van der Waals surface area contributed by atoms with Gasteiger partial charge in [-0.1, -0.05) is 30.3 Å². The topological polar surface area (TPSA) is 117 Å². The standard InChI is InChI=1S/C34H43N7O3S/c1-23(2)45(42,43)31-11-6-5-8-26(31)27-9-7-10-29-32(27)33(35)38-34(37-29)36-28-13-12-25(22-30(28)44-4)40-16-14-24(15-17-40)41-20-18-39(3)19-21-41/h5-13,22-24H,14-21H2,1-4H3,(H3,35,36,37,38). The quantitative estimate of drug-likeness (QED) is 0.275. The van der Waals surface area contributed by atoms with Crippen LogP contribution >= 0.6 is 0 Å². The third kappa shape index (κ3) is 6.29. The second-order valence-electron chi connectivity index (χ2n) is 12.3. The van der Waals surface area contributed by atoms with Crippen LogP contribution in [0.25, 0.3) is 22.0 Å². The number of sulfone groups is 1. The lowest BCUT2D eigenvalue weighted by molar-refractivity contribution is 0.0982. The summed E-state index contributed by atoms with van der Waals surface area (Å²) in [7, 11) is 0.333. The summed E-state index contributed by atoms with van der Waals surface area (Å²) in [6.07, 6.45) is 2.32. The summed E-state index contributed by atoms with van der Waals surface area (Å²) in [4.78, 5) is 17.1. The number of benzene rings is 3. The molecule has 0 spiro atoms. The van der Waals surface area contributed by atoms with E-state index in [-0.39, 0.29) is 10.7 Å². The molecular formula is C34H43N7O3S. The zero-order chi connectivity index (χ0) is 31.7. The van der Waals surface area contributed by atoms with Gasteiger partial charge in [0.05, 0.1) is 33.8 Å². The molecule has 3 heterocycles. The molecule has 0 bridgehead atoms. The van der Waals surface area contributed by atoms with E-state index in [9.17, 15) is 8.42 Å². The van der Waals surface area contributed by atoms with Crippen molar-refractivity contribution in [3.8, 4) is 16.9 Å². The number of fused-ring (bicyclic) bond motifs is 1. The fraction of sp³-hybridized carbons (Fsp3) is 0.412. The van der Waals surface area contributed by atoms with Gasteiger partial charge in [0.1, 0.15) is 11.6 Å². The number of aromatic nitrogens is 2. The SMILES string of the molecule is COc1cc(N2CCC(N3CCN(C)CC3)CC2)ccc1Nc1nc(N)c2c(-c3ccccc3S(=O)(=O)C(C)C)cccc2n1. The molecule has 238 valence electrons. The number of hydrogen-bond acceptors (Lipinski definition) is 10. The fourth-order valence-corrected chi connectivity index (χ4v) is 7.72. The molecule has 2 fully saturated rings. The van der Waals surface area contributed by atoms with Gasteiger partial charge in [0.25, 0.3) is 0 Å². The molecule has 1 aromatic heterocycles. The first-order chi connectivity index (χ1) is 21.7. The minimum absolute atomic E-state index is 0.258. The number of methoxy groups -OCH3 is 1. The summed E-state index contributed by atoms with van der Waals surface area (Å²) in [5, 5.41) is 3.34. The maximum absolute atomic E-state index is 13.2. The van der Waals surface area contributed by atoms with Crippen molar-refractivity contribution in [2.45, 2.75) is 42.9 Å². The Labute approximate surface area is 266 Å². The van der Waals surface area contributed by atoms with Gasteiger partial charge in [-0.3, -0.25) is 4.90 Å². The van der Waals surface area contributed by atoms with Crippen LogP contribution in [-0.2, 0) is 9.84 Å². The first-order valence-corrected chi connectivity index (χ1v) is 17.2. The lowest BCUT2D eigenvalue weighted by Gasteiger charge is -2.42. The van der Waals surface area contributed by atoms with E-state index in [1.807, 2.05) is 30.3 Å². The Morgan fingerprint density at radius 3 is 2.33 bits per heavy atom. The summed E-state index contributed by atoms with van der Waals surface area (Å²) in [6, 6.07) is 19.4.